The minimum atomic E-state index is -0.187. The van der Waals surface area contributed by atoms with Gasteiger partial charge in [0.25, 0.3) is 0 Å². The number of thioether (sulfide) groups is 1. The summed E-state index contributed by atoms with van der Waals surface area (Å²) in [5, 5.41) is 5.74. The number of carbonyl (C=O) groups excluding carboxylic acids is 1. The third kappa shape index (κ3) is 5.37. The van der Waals surface area contributed by atoms with Gasteiger partial charge in [-0.2, -0.15) is 5.10 Å². The minimum absolute atomic E-state index is 0.187. The summed E-state index contributed by atoms with van der Waals surface area (Å²) in [6, 6.07) is 14.8. The van der Waals surface area contributed by atoms with Gasteiger partial charge in [-0.25, -0.2) is 5.43 Å². The van der Waals surface area contributed by atoms with Crippen molar-refractivity contribution in [1.29, 1.82) is 0 Å². The second kappa shape index (κ2) is 9.72. The van der Waals surface area contributed by atoms with E-state index in [1.54, 1.807) is 24.4 Å². The van der Waals surface area contributed by atoms with Gasteiger partial charge in [0.2, 0.25) is 5.91 Å². The number of hydrogen-bond donors (Lipinski definition) is 1. The molecule has 29 heavy (non-hydrogen) atoms. The second-order valence-corrected chi connectivity index (χ2v) is 8.54. The molecule has 1 heterocycles. The summed E-state index contributed by atoms with van der Waals surface area (Å²) in [7, 11) is 0. The summed E-state index contributed by atoms with van der Waals surface area (Å²) >= 11 is 19.8. The van der Waals surface area contributed by atoms with Crippen molar-refractivity contribution in [2.75, 3.05) is 5.75 Å². The molecule has 0 saturated heterocycles. The molecule has 1 aromatic heterocycles. The molecule has 0 radical (unpaired) electrons. The Balaban J connectivity index is 1.66. The number of hydrazone groups is 1. The van der Waals surface area contributed by atoms with Gasteiger partial charge in [-0.1, -0.05) is 40.9 Å². The number of nitrogens with one attached hydrogen (secondary N) is 1. The Hall–Kier alpha value is -1.92. The van der Waals surface area contributed by atoms with Crippen molar-refractivity contribution in [1.82, 2.24) is 9.99 Å². The summed E-state index contributed by atoms with van der Waals surface area (Å²) in [6.07, 6.45) is 1.63. The number of halogens is 3. The van der Waals surface area contributed by atoms with Gasteiger partial charge in [-0.15, -0.1) is 11.8 Å². The van der Waals surface area contributed by atoms with Gasteiger partial charge in [-0.05, 0) is 56.3 Å². The molecule has 0 atom stereocenters. The number of hydrogen-bond acceptors (Lipinski definition) is 3. The maximum atomic E-state index is 12.0. The highest BCUT2D eigenvalue weighted by molar-refractivity contribution is 8.00. The maximum Gasteiger partial charge on any atom is 0.250 e. The molecule has 3 rings (SSSR count). The summed E-state index contributed by atoms with van der Waals surface area (Å²) in [4.78, 5) is 13.0. The lowest BCUT2D eigenvalue weighted by Crippen LogP contribution is -2.19. The standard InChI is InChI=1S/C21H18Cl3N3OS/c1-13-10-15(14(2)27(13)19-5-3-4-18(23)21(19)24)11-25-26-20(28)12-29-17-8-6-16(22)7-9-17/h3-11H,12H2,1-2H3,(H,26,28)/b25-11-. The van der Waals surface area contributed by atoms with Crippen LogP contribution in [0.4, 0.5) is 0 Å². The predicted molar refractivity (Wildman–Crippen MR) is 123 cm³/mol. The summed E-state index contributed by atoms with van der Waals surface area (Å²) in [5.41, 5.74) is 6.17. The Kier molecular flexibility index (Phi) is 7.30. The average Bonchev–Trinajstić information content (AvgIpc) is 2.97. The lowest BCUT2D eigenvalue weighted by atomic mass is 10.2. The van der Waals surface area contributed by atoms with Gasteiger partial charge < -0.3 is 4.57 Å². The van der Waals surface area contributed by atoms with E-state index in [0.717, 1.165) is 27.5 Å². The van der Waals surface area contributed by atoms with E-state index in [0.29, 0.717) is 15.1 Å². The van der Waals surface area contributed by atoms with Crippen LogP contribution in [0.3, 0.4) is 0 Å². The fraction of sp³-hybridized carbons (Fsp3) is 0.143. The molecule has 8 heteroatoms. The van der Waals surface area contributed by atoms with Crippen molar-refractivity contribution in [2.24, 2.45) is 5.10 Å². The van der Waals surface area contributed by atoms with Crippen LogP contribution in [0.1, 0.15) is 17.0 Å². The maximum absolute atomic E-state index is 12.0. The first kappa shape index (κ1) is 21.8. The van der Waals surface area contributed by atoms with E-state index in [1.165, 1.54) is 11.8 Å². The number of nitrogens with zero attached hydrogens (tertiary/aromatic N) is 2. The van der Waals surface area contributed by atoms with Gasteiger partial charge in [0, 0.05) is 26.9 Å². The molecular weight excluding hydrogens is 449 g/mol. The van der Waals surface area contributed by atoms with E-state index in [-0.39, 0.29) is 11.7 Å². The molecule has 0 aliphatic rings. The highest BCUT2D eigenvalue weighted by atomic mass is 35.5. The van der Waals surface area contributed by atoms with Crippen LogP contribution in [-0.4, -0.2) is 22.4 Å². The summed E-state index contributed by atoms with van der Waals surface area (Å²) < 4.78 is 2.01. The van der Waals surface area contributed by atoms with Gasteiger partial charge in [-0.3, -0.25) is 4.79 Å². The lowest BCUT2D eigenvalue weighted by molar-refractivity contribution is -0.118. The van der Waals surface area contributed by atoms with E-state index in [4.69, 9.17) is 34.8 Å². The Morgan fingerprint density at radius 1 is 1.14 bits per heavy atom. The number of rotatable bonds is 6. The molecule has 0 spiro atoms. The van der Waals surface area contributed by atoms with Gasteiger partial charge in [0.1, 0.15) is 0 Å². The zero-order valence-electron chi connectivity index (χ0n) is 15.7. The second-order valence-electron chi connectivity index (χ2n) is 6.27. The first-order valence-corrected chi connectivity index (χ1v) is 10.8. The van der Waals surface area contributed by atoms with E-state index >= 15 is 0 Å². The van der Waals surface area contributed by atoms with Gasteiger partial charge in [0.15, 0.2) is 0 Å². The molecule has 0 fully saturated rings. The van der Waals surface area contributed by atoms with Crippen LogP contribution < -0.4 is 5.43 Å². The normalized spacial score (nSPS) is 11.2. The summed E-state index contributed by atoms with van der Waals surface area (Å²) in [6.45, 7) is 3.94. The smallest absolute Gasteiger partial charge is 0.250 e. The first-order valence-electron chi connectivity index (χ1n) is 8.70. The highest BCUT2D eigenvalue weighted by Crippen LogP contribution is 2.31. The molecule has 2 aromatic carbocycles. The van der Waals surface area contributed by atoms with Crippen LogP contribution in [0.25, 0.3) is 5.69 Å². The molecule has 1 N–H and O–H groups in total. The Labute approximate surface area is 188 Å². The third-order valence-electron chi connectivity index (χ3n) is 4.22. The van der Waals surface area contributed by atoms with Crippen molar-refractivity contribution in [3.8, 4) is 5.69 Å². The van der Waals surface area contributed by atoms with Crippen LogP contribution in [0.5, 0.6) is 0 Å². The van der Waals surface area contributed by atoms with Crippen LogP contribution in [-0.2, 0) is 4.79 Å². The number of aryl methyl sites for hydroxylation is 1. The van der Waals surface area contributed by atoms with Crippen molar-refractivity contribution in [2.45, 2.75) is 18.7 Å². The average molecular weight is 467 g/mol. The van der Waals surface area contributed by atoms with Crippen molar-refractivity contribution in [3.63, 3.8) is 0 Å². The van der Waals surface area contributed by atoms with E-state index in [9.17, 15) is 4.79 Å². The molecule has 0 aliphatic heterocycles. The fourth-order valence-electron chi connectivity index (χ4n) is 2.84. The topological polar surface area (TPSA) is 46.4 Å². The van der Waals surface area contributed by atoms with Crippen LogP contribution in [0.2, 0.25) is 15.1 Å². The van der Waals surface area contributed by atoms with Crippen molar-refractivity contribution >= 4 is 58.7 Å². The van der Waals surface area contributed by atoms with Crippen LogP contribution >= 0.6 is 46.6 Å². The monoisotopic (exact) mass is 465 g/mol. The number of benzene rings is 2. The minimum Gasteiger partial charge on any atom is -0.316 e. The van der Waals surface area contributed by atoms with Crippen LogP contribution in [0.15, 0.2) is 58.5 Å². The predicted octanol–water partition coefficient (Wildman–Crippen LogP) is 6.30. The zero-order chi connectivity index (χ0) is 21.0. The molecular formula is C21H18Cl3N3OS. The number of amides is 1. The quantitative estimate of drug-likeness (QED) is 0.263. The van der Waals surface area contributed by atoms with Gasteiger partial charge >= 0.3 is 0 Å². The molecule has 150 valence electrons. The highest BCUT2D eigenvalue weighted by Gasteiger charge is 2.13. The SMILES string of the molecule is Cc1cc(/C=N\NC(=O)CSc2ccc(Cl)cc2)c(C)n1-c1cccc(Cl)c1Cl. The van der Waals surface area contributed by atoms with Crippen molar-refractivity contribution < 1.29 is 4.79 Å². The molecule has 4 nitrogen and oxygen atoms in total. The Bertz CT molecular complexity index is 1060. The molecule has 0 bridgehead atoms. The molecule has 0 saturated carbocycles. The molecule has 0 aliphatic carbocycles. The number of aromatic nitrogens is 1. The van der Waals surface area contributed by atoms with Crippen LogP contribution in [0, 0.1) is 13.8 Å². The van der Waals surface area contributed by atoms with E-state index in [1.807, 2.05) is 48.7 Å². The fourth-order valence-corrected chi connectivity index (χ4v) is 4.04. The lowest BCUT2D eigenvalue weighted by Gasteiger charge is -2.12. The van der Waals surface area contributed by atoms with Crippen molar-refractivity contribution in [3.05, 3.63) is 80.6 Å². The van der Waals surface area contributed by atoms with E-state index in [2.05, 4.69) is 10.5 Å². The largest absolute Gasteiger partial charge is 0.316 e. The molecule has 0 unspecified atom stereocenters. The molecule has 1 amide bonds. The Morgan fingerprint density at radius 3 is 2.59 bits per heavy atom. The number of carbonyl (C=O) groups is 1. The summed E-state index contributed by atoms with van der Waals surface area (Å²) in [5.74, 6) is 0.0729. The molecule has 3 aromatic rings. The first-order chi connectivity index (χ1) is 13.9. The van der Waals surface area contributed by atoms with Gasteiger partial charge in [0.05, 0.1) is 27.7 Å². The van der Waals surface area contributed by atoms with E-state index < -0.39 is 0 Å². The third-order valence-corrected chi connectivity index (χ3v) is 6.29. The zero-order valence-corrected chi connectivity index (χ0v) is 18.8. The Morgan fingerprint density at radius 2 is 1.86 bits per heavy atom.